The summed E-state index contributed by atoms with van der Waals surface area (Å²) in [6.45, 7) is 7.46. The van der Waals surface area contributed by atoms with E-state index in [1.807, 2.05) is 24.3 Å². The highest BCUT2D eigenvalue weighted by Gasteiger charge is 2.34. The molecule has 1 amide bonds. The molecule has 30 heavy (non-hydrogen) atoms. The highest BCUT2D eigenvalue weighted by atomic mass is 32.1. The number of carbonyl (C=O) groups is 1. The first-order valence-electron chi connectivity index (χ1n) is 9.92. The van der Waals surface area contributed by atoms with E-state index < -0.39 is 5.56 Å². The Morgan fingerprint density at radius 2 is 1.80 bits per heavy atom. The van der Waals surface area contributed by atoms with Crippen molar-refractivity contribution in [2.75, 3.05) is 18.0 Å². The van der Waals surface area contributed by atoms with Gasteiger partial charge in [0, 0.05) is 46.2 Å². The summed E-state index contributed by atoms with van der Waals surface area (Å²) in [5.74, 6) is -0.480. The lowest BCUT2D eigenvalue weighted by molar-refractivity contribution is -0.130. The summed E-state index contributed by atoms with van der Waals surface area (Å²) in [4.78, 5) is 27.3. The molecule has 1 aromatic carbocycles. The van der Waals surface area contributed by atoms with Crippen LogP contribution in [0.5, 0.6) is 5.88 Å². The molecule has 2 aromatic rings. The van der Waals surface area contributed by atoms with Gasteiger partial charge in [-0.1, -0.05) is 12.1 Å². The second kappa shape index (κ2) is 8.43. The van der Waals surface area contributed by atoms with Crippen LogP contribution in [-0.4, -0.2) is 44.0 Å². The number of anilines is 1. The number of aromatic nitrogens is 2. The summed E-state index contributed by atoms with van der Waals surface area (Å²) in [6.07, 6.45) is 0.323. The number of hydrogen-bond donors (Lipinski definition) is 1. The average Bonchev–Trinajstić information content (AvgIpc) is 3.18. The largest absolute Gasteiger partial charge is 0.494 e. The van der Waals surface area contributed by atoms with E-state index in [0.717, 1.165) is 24.3 Å². The number of benzene rings is 1. The maximum atomic E-state index is 12.8. The van der Waals surface area contributed by atoms with Crippen molar-refractivity contribution < 1.29 is 9.90 Å². The van der Waals surface area contributed by atoms with Crippen molar-refractivity contribution in [1.82, 2.24) is 14.1 Å². The van der Waals surface area contributed by atoms with Crippen LogP contribution < -0.4 is 10.5 Å². The van der Waals surface area contributed by atoms with Crippen molar-refractivity contribution in [3.63, 3.8) is 0 Å². The highest BCUT2D eigenvalue weighted by Crippen LogP contribution is 2.34. The van der Waals surface area contributed by atoms with Gasteiger partial charge in [0.1, 0.15) is 5.56 Å². The number of nitrogens with zero attached hydrogens (tertiary/aromatic N) is 5. The van der Waals surface area contributed by atoms with E-state index in [1.165, 1.54) is 21.1 Å². The molecule has 9 heteroatoms. The Balaban J connectivity index is 2.02. The fourth-order valence-corrected chi connectivity index (χ4v) is 3.96. The Morgan fingerprint density at radius 1 is 1.20 bits per heavy atom. The molecular weight excluding hydrogens is 402 g/mol. The summed E-state index contributed by atoms with van der Waals surface area (Å²) in [6, 6.07) is 7.68. The third kappa shape index (κ3) is 3.65. The highest BCUT2D eigenvalue weighted by molar-refractivity contribution is 7.71. The molecule has 0 saturated heterocycles. The molecule has 1 aliphatic rings. The third-order valence-corrected chi connectivity index (χ3v) is 6.11. The second-order valence-corrected chi connectivity index (χ2v) is 7.66. The Kier molecular flexibility index (Phi) is 6.12. The lowest BCUT2D eigenvalue weighted by atomic mass is 9.98. The Hall–Kier alpha value is -2.94. The molecule has 1 unspecified atom stereocenters. The normalized spacial score (nSPS) is 16.0. The maximum Gasteiger partial charge on any atom is 0.267 e. The minimum Gasteiger partial charge on any atom is -0.494 e. The molecule has 0 radical (unpaired) electrons. The van der Waals surface area contributed by atoms with Gasteiger partial charge in [-0.15, -0.1) is 0 Å². The molecule has 1 atom stereocenters. The van der Waals surface area contributed by atoms with Gasteiger partial charge >= 0.3 is 0 Å². The zero-order chi connectivity index (χ0) is 22.2. The number of rotatable bonds is 5. The number of hydrazone groups is 1. The first kappa shape index (κ1) is 21.8. The summed E-state index contributed by atoms with van der Waals surface area (Å²) in [7, 11) is 3.14. The van der Waals surface area contributed by atoms with E-state index in [-0.39, 0.29) is 28.2 Å². The van der Waals surface area contributed by atoms with Crippen LogP contribution in [0.2, 0.25) is 0 Å². The van der Waals surface area contributed by atoms with Crippen LogP contribution in [0.15, 0.2) is 34.2 Å². The number of amides is 1. The van der Waals surface area contributed by atoms with Crippen molar-refractivity contribution in [3.8, 4) is 5.88 Å². The van der Waals surface area contributed by atoms with E-state index in [1.54, 1.807) is 14.1 Å². The van der Waals surface area contributed by atoms with Gasteiger partial charge < -0.3 is 10.0 Å². The Labute approximate surface area is 180 Å². The summed E-state index contributed by atoms with van der Waals surface area (Å²) >= 11 is 5.18. The molecule has 2 heterocycles. The summed E-state index contributed by atoms with van der Waals surface area (Å²) < 4.78 is 2.85. The molecule has 0 spiro atoms. The Bertz CT molecular complexity index is 1110. The molecule has 160 valence electrons. The van der Waals surface area contributed by atoms with E-state index in [9.17, 15) is 14.7 Å². The molecule has 1 aliphatic heterocycles. The quantitative estimate of drug-likeness (QED) is 0.739. The molecule has 8 nitrogen and oxygen atoms in total. The molecule has 1 aromatic heterocycles. The minimum absolute atomic E-state index is 0.0714. The lowest BCUT2D eigenvalue weighted by Crippen LogP contribution is -2.28. The first-order valence-corrected chi connectivity index (χ1v) is 10.3. The van der Waals surface area contributed by atoms with Gasteiger partial charge in [0.25, 0.3) is 5.56 Å². The fraction of sp³-hybridized carbons (Fsp3) is 0.429. The van der Waals surface area contributed by atoms with Crippen LogP contribution >= 0.6 is 12.2 Å². The molecule has 3 rings (SSSR count). The second-order valence-electron chi connectivity index (χ2n) is 7.30. The van der Waals surface area contributed by atoms with Crippen molar-refractivity contribution in [1.29, 1.82) is 0 Å². The Morgan fingerprint density at radius 3 is 2.33 bits per heavy atom. The van der Waals surface area contributed by atoms with Crippen LogP contribution in [0.25, 0.3) is 0 Å². The summed E-state index contributed by atoms with van der Waals surface area (Å²) in [5.41, 5.74) is 2.03. The van der Waals surface area contributed by atoms with Crippen LogP contribution in [-0.2, 0) is 18.9 Å². The van der Waals surface area contributed by atoms with Crippen LogP contribution in [0.4, 0.5) is 5.69 Å². The van der Waals surface area contributed by atoms with Gasteiger partial charge in [-0.3, -0.25) is 18.7 Å². The van der Waals surface area contributed by atoms with Crippen molar-refractivity contribution in [3.05, 3.63) is 50.5 Å². The molecular formula is C21H27N5O3S. The van der Waals surface area contributed by atoms with Crippen LogP contribution in [0.1, 0.15) is 44.4 Å². The standard InChI is InChI=1S/C21H27N5O3S/c1-6-25(7-2)15-10-8-14(9-11-15)17-12-16(22-26(17)13(3)27)18-19(28)23(4)21(30)24(5)20(18)29/h8-11,17,28H,6-7,12H2,1-5H3. The predicted molar refractivity (Wildman–Crippen MR) is 120 cm³/mol. The predicted octanol–water partition coefficient (Wildman–Crippen LogP) is 2.70. The summed E-state index contributed by atoms with van der Waals surface area (Å²) in [5, 5.41) is 16.4. The van der Waals surface area contributed by atoms with E-state index in [0.29, 0.717) is 12.1 Å². The SMILES string of the molecule is CCN(CC)c1ccc(C2CC(c3c(O)n(C)c(=S)n(C)c3=O)=NN2C(C)=O)cc1. The zero-order valence-electron chi connectivity index (χ0n) is 17.9. The smallest absolute Gasteiger partial charge is 0.267 e. The van der Waals surface area contributed by atoms with E-state index >= 15 is 0 Å². The third-order valence-electron chi connectivity index (χ3n) is 5.56. The number of carbonyl (C=O) groups excluding carboxylic acids is 1. The van der Waals surface area contributed by atoms with Crippen molar-refractivity contribution >= 4 is 29.5 Å². The van der Waals surface area contributed by atoms with Gasteiger partial charge in [0.15, 0.2) is 4.77 Å². The maximum absolute atomic E-state index is 12.8. The number of hydrogen-bond acceptors (Lipinski definition) is 6. The van der Waals surface area contributed by atoms with Gasteiger partial charge in [-0.05, 0) is 43.8 Å². The molecule has 1 N–H and O–H groups in total. The average molecular weight is 430 g/mol. The van der Waals surface area contributed by atoms with E-state index in [2.05, 4.69) is 23.8 Å². The molecule has 0 aliphatic carbocycles. The van der Waals surface area contributed by atoms with Gasteiger partial charge in [0.05, 0.1) is 11.8 Å². The minimum atomic E-state index is -0.435. The molecule has 0 saturated carbocycles. The zero-order valence-corrected chi connectivity index (χ0v) is 18.7. The van der Waals surface area contributed by atoms with Crippen LogP contribution in [0.3, 0.4) is 0 Å². The number of aromatic hydroxyl groups is 1. The van der Waals surface area contributed by atoms with Crippen molar-refractivity contribution in [2.24, 2.45) is 19.2 Å². The first-order chi connectivity index (χ1) is 14.2. The van der Waals surface area contributed by atoms with Gasteiger partial charge in [-0.2, -0.15) is 5.10 Å². The van der Waals surface area contributed by atoms with Gasteiger partial charge in [-0.25, -0.2) is 5.01 Å². The monoisotopic (exact) mass is 429 g/mol. The molecule has 0 bridgehead atoms. The van der Waals surface area contributed by atoms with Gasteiger partial charge in [0.2, 0.25) is 11.8 Å². The lowest BCUT2D eigenvalue weighted by Gasteiger charge is -2.23. The fourth-order valence-electron chi connectivity index (χ4n) is 3.79. The topological polar surface area (TPSA) is 83.1 Å². The van der Waals surface area contributed by atoms with Crippen molar-refractivity contribution in [2.45, 2.75) is 33.2 Å². The molecule has 0 fully saturated rings. The van der Waals surface area contributed by atoms with E-state index in [4.69, 9.17) is 12.2 Å². The van der Waals surface area contributed by atoms with Crippen LogP contribution in [0, 0.1) is 4.77 Å².